The van der Waals surface area contributed by atoms with Crippen molar-refractivity contribution in [2.75, 3.05) is 24.0 Å². The smallest absolute Gasteiger partial charge is 0.264 e. The predicted octanol–water partition coefficient (Wildman–Crippen LogP) is 4.92. The molecule has 0 fully saturated rings. The van der Waals surface area contributed by atoms with Crippen LogP contribution in [0.5, 0.6) is 5.75 Å². The Kier molecular flexibility index (Phi) is 10.9. The molecule has 0 aliphatic carbocycles. The first-order valence-corrected chi connectivity index (χ1v) is 15.0. The maximum atomic E-state index is 13.9. The third-order valence-electron chi connectivity index (χ3n) is 6.44. The number of nitrogens with one attached hydrogen (secondary N) is 1. The monoisotopic (exact) mass is 583 g/mol. The number of carbonyl (C=O) groups is 2. The van der Waals surface area contributed by atoms with E-state index < -0.39 is 34.3 Å². The maximum Gasteiger partial charge on any atom is 0.264 e. The van der Waals surface area contributed by atoms with Crippen LogP contribution in [0.1, 0.15) is 38.8 Å². The molecular weight excluding hydrogens is 545 g/mol. The van der Waals surface area contributed by atoms with E-state index in [0.29, 0.717) is 24.5 Å². The Morgan fingerprint density at radius 2 is 1.54 bits per heavy atom. The van der Waals surface area contributed by atoms with Gasteiger partial charge in [0.05, 0.1) is 17.2 Å². The van der Waals surface area contributed by atoms with Crippen molar-refractivity contribution in [3.63, 3.8) is 0 Å². The van der Waals surface area contributed by atoms with Gasteiger partial charge in [-0.15, -0.1) is 0 Å². The average Bonchev–Trinajstić information content (AvgIpc) is 2.94. The number of nitrogens with zero attached hydrogens (tertiary/aromatic N) is 2. The molecule has 1 atom stereocenters. The molecule has 0 saturated carbocycles. The summed E-state index contributed by atoms with van der Waals surface area (Å²) in [5, 5.41) is 2.84. The summed E-state index contributed by atoms with van der Waals surface area (Å²) in [6.45, 7) is 9.48. The van der Waals surface area contributed by atoms with Crippen molar-refractivity contribution in [2.45, 2.75) is 52.1 Å². The lowest BCUT2D eigenvalue weighted by atomic mass is 10.1. The number of hydrogen-bond acceptors (Lipinski definition) is 5. The van der Waals surface area contributed by atoms with Crippen molar-refractivity contribution in [1.29, 1.82) is 0 Å². The molecule has 3 aromatic rings. The lowest BCUT2D eigenvalue weighted by molar-refractivity contribution is -0.139. The third kappa shape index (κ3) is 8.53. The molecule has 3 rings (SSSR count). The maximum absolute atomic E-state index is 13.9. The van der Waals surface area contributed by atoms with E-state index >= 15 is 0 Å². The molecule has 10 heteroatoms. The summed E-state index contributed by atoms with van der Waals surface area (Å²) in [5.74, 6) is -0.639. The minimum atomic E-state index is -4.18. The fourth-order valence-electron chi connectivity index (χ4n) is 4.06. The van der Waals surface area contributed by atoms with Gasteiger partial charge >= 0.3 is 0 Å². The number of rotatable bonds is 13. The van der Waals surface area contributed by atoms with Crippen molar-refractivity contribution in [2.24, 2.45) is 5.92 Å². The van der Waals surface area contributed by atoms with Crippen molar-refractivity contribution in [1.82, 2.24) is 10.2 Å². The molecule has 3 aromatic carbocycles. The lowest BCUT2D eigenvalue weighted by Gasteiger charge is -2.32. The van der Waals surface area contributed by atoms with E-state index in [4.69, 9.17) is 4.74 Å². The van der Waals surface area contributed by atoms with Gasteiger partial charge in [-0.3, -0.25) is 13.9 Å². The largest absolute Gasteiger partial charge is 0.494 e. The Labute approximate surface area is 242 Å². The van der Waals surface area contributed by atoms with Gasteiger partial charge in [-0.1, -0.05) is 43.7 Å². The summed E-state index contributed by atoms with van der Waals surface area (Å²) in [5.41, 5.74) is 1.75. The Bertz CT molecular complexity index is 1410. The first kappa shape index (κ1) is 31.6. The zero-order valence-corrected chi connectivity index (χ0v) is 24.9. The van der Waals surface area contributed by atoms with Crippen molar-refractivity contribution in [3.8, 4) is 5.75 Å². The molecule has 0 radical (unpaired) electrons. The molecule has 41 heavy (non-hydrogen) atoms. The molecule has 0 bridgehead atoms. The lowest BCUT2D eigenvalue weighted by Crippen LogP contribution is -2.51. The van der Waals surface area contributed by atoms with Gasteiger partial charge < -0.3 is 15.0 Å². The molecule has 1 N–H and O–H groups in total. The van der Waals surface area contributed by atoms with E-state index in [-0.39, 0.29) is 29.0 Å². The standard InChI is InChI=1S/C31H38FN3O5S/c1-6-40-28-15-13-27(14-16-28)35(41(38,39)29-17-7-23(4)8-18-29)21-30(36)34(20-25-9-11-26(32)12-10-25)24(5)31(37)33-19-22(2)3/h7-18,22,24H,6,19-21H2,1-5H3,(H,33,37). The van der Waals surface area contributed by atoms with E-state index in [1.165, 1.54) is 41.3 Å². The quantitative estimate of drug-likeness (QED) is 0.308. The molecule has 2 amide bonds. The number of hydrogen-bond donors (Lipinski definition) is 1. The number of carbonyl (C=O) groups excluding carboxylic acids is 2. The van der Waals surface area contributed by atoms with Crippen LogP contribution >= 0.6 is 0 Å². The summed E-state index contributed by atoms with van der Waals surface area (Å²) in [6.07, 6.45) is 0. The molecule has 0 saturated heterocycles. The number of aryl methyl sites for hydroxylation is 1. The summed E-state index contributed by atoms with van der Waals surface area (Å²) in [6, 6.07) is 17.5. The summed E-state index contributed by atoms with van der Waals surface area (Å²) in [4.78, 5) is 28.3. The average molecular weight is 584 g/mol. The fourth-order valence-corrected chi connectivity index (χ4v) is 5.48. The van der Waals surface area contributed by atoms with Gasteiger partial charge in [0, 0.05) is 13.1 Å². The van der Waals surface area contributed by atoms with Crippen LogP contribution in [0.25, 0.3) is 0 Å². The zero-order valence-electron chi connectivity index (χ0n) is 24.1. The number of halogens is 1. The Morgan fingerprint density at radius 1 is 0.927 bits per heavy atom. The SMILES string of the molecule is CCOc1ccc(N(CC(=O)N(Cc2ccc(F)cc2)C(C)C(=O)NCC(C)C)S(=O)(=O)c2ccc(C)cc2)cc1. The molecule has 8 nitrogen and oxygen atoms in total. The van der Waals surface area contributed by atoms with Gasteiger partial charge in [0.2, 0.25) is 11.8 Å². The minimum Gasteiger partial charge on any atom is -0.494 e. The molecule has 0 heterocycles. The van der Waals surface area contributed by atoms with Gasteiger partial charge in [-0.2, -0.15) is 0 Å². The van der Waals surface area contributed by atoms with Crippen molar-refractivity contribution < 1.29 is 27.1 Å². The topological polar surface area (TPSA) is 96.0 Å². The Morgan fingerprint density at radius 3 is 2.10 bits per heavy atom. The summed E-state index contributed by atoms with van der Waals surface area (Å²) in [7, 11) is -4.18. The van der Waals surface area contributed by atoms with Crippen LogP contribution < -0.4 is 14.4 Å². The first-order chi connectivity index (χ1) is 19.4. The van der Waals surface area contributed by atoms with Crippen LogP contribution in [0.2, 0.25) is 0 Å². The molecule has 0 aliphatic rings. The van der Waals surface area contributed by atoms with E-state index in [0.717, 1.165) is 9.87 Å². The van der Waals surface area contributed by atoms with E-state index in [2.05, 4.69) is 5.32 Å². The van der Waals surface area contributed by atoms with Gasteiger partial charge in [0.25, 0.3) is 10.0 Å². The number of benzene rings is 3. The zero-order chi connectivity index (χ0) is 30.2. The molecule has 0 aromatic heterocycles. The molecule has 220 valence electrons. The van der Waals surface area contributed by atoms with E-state index in [1.54, 1.807) is 43.3 Å². The van der Waals surface area contributed by atoms with Gasteiger partial charge in [-0.25, -0.2) is 12.8 Å². The van der Waals surface area contributed by atoms with Gasteiger partial charge in [-0.05, 0) is 80.8 Å². The summed E-state index contributed by atoms with van der Waals surface area (Å²) >= 11 is 0. The van der Waals surface area contributed by atoms with E-state index in [1.807, 2.05) is 27.7 Å². The highest BCUT2D eigenvalue weighted by Crippen LogP contribution is 2.27. The molecular formula is C31H38FN3O5S. The van der Waals surface area contributed by atoms with E-state index in [9.17, 15) is 22.4 Å². The van der Waals surface area contributed by atoms with Crippen molar-refractivity contribution >= 4 is 27.5 Å². The number of sulfonamides is 1. The van der Waals surface area contributed by atoms with Gasteiger partial charge in [0.15, 0.2) is 0 Å². The second-order valence-corrected chi connectivity index (χ2v) is 12.1. The number of anilines is 1. The van der Waals surface area contributed by atoms with Crippen LogP contribution in [0.15, 0.2) is 77.7 Å². The van der Waals surface area contributed by atoms with Crippen LogP contribution in [0.3, 0.4) is 0 Å². The highest BCUT2D eigenvalue weighted by Gasteiger charge is 2.32. The molecule has 1 unspecified atom stereocenters. The van der Waals surface area contributed by atoms with Gasteiger partial charge in [0.1, 0.15) is 24.2 Å². The highest BCUT2D eigenvalue weighted by atomic mass is 32.2. The number of amides is 2. The highest BCUT2D eigenvalue weighted by molar-refractivity contribution is 7.92. The molecule has 0 aliphatic heterocycles. The first-order valence-electron chi connectivity index (χ1n) is 13.6. The van der Waals surface area contributed by atoms with Crippen LogP contribution in [0, 0.1) is 18.7 Å². The fraction of sp³-hybridized carbons (Fsp3) is 0.355. The summed E-state index contributed by atoms with van der Waals surface area (Å²) < 4.78 is 47.9. The van der Waals surface area contributed by atoms with Crippen LogP contribution in [-0.4, -0.2) is 50.9 Å². The molecule has 0 spiro atoms. The Hall–Kier alpha value is -3.92. The predicted molar refractivity (Wildman–Crippen MR) is 158 cm³/mol. The van der Waals surface area contributed by atoms with Crippen molar-refractivity contribution in [3.05, 3.63) is 89.7 Å². The second kappa shape index (κ2) is 14.1. The third-order valence-corrected chi connectivity index (χ3v) is 8.23. The van der Waals surface area contributed by atoms with Crippen LogP contribution in [0.4, 0.5) is 10.1 Å². The van der Waals surface area contributed by atoms with Crippen LogP contribution in [-0.2, 0) is 26.2 Å². The normalized spacial score (nSPS) is 12.1. The number of ether oxygens (including phenoxy) is 1. The Balaban J connectivity index is 2.01. The second-order valence-electron chi connectivity index (χ2n) is 10.2. The minimum absolute atomic E-state index is 0.0168.